The molecular formula is C26H46O11S. The van der Waals surface area contributed by atoms with Crippen LogP contribution in [-0.2, 0) is 29.3 Å². The molecule has 222 valence electrons. The maximum atomic E-state index is 12.4. The first-order valence-electron chi connectivity index (χ1n) is 13.7. The van der Waals surface area contributed by atoms with Gasteiger partial charge in [0.05, 0.1) is 0 Å². The minimum absolute atomic E-state index is 0.204. The third-order valence-electron chi connectivity index (χ3n) is 7.47. The molecule has 0 aliphatic heterocycles. The average molecular weight is 567 g/mol. The predicted octanol–water partition coefficient (Wildman–Crippen LogP) is 5.23. The van der Waals surface area contributed by atoms with Crippen molar-refractivity contribution >= 4 is 34.0 Å². The summed E-state index contributed by atoms with van der Waals surface area (Å²) in [6.45, 7) is 3.49. The van der Waals surface area contributed by atoms with E-state index in [1.165, 1.54) is 58.3 Å². The Kier molecular flexibility index (Phi) is 16.4. The molecule has 0 fully saturated rings. The molecule has 12 heteroatoms. The predicted molar refractivity (Wildman–Crippen MR) is 141 cm³/mol. The molecule has 0 aromatic rings. The summed E-state index contributed by atoms with van der Waals surface area (Å²) in [4.78, 5) is 48.1. The Labute approximate surface area is 225 Å². The third-order valence-corrected chi connectivity index (χ3v) is 9.10. The van der Waals surface area contributed by atoms with Gasteiger partial charge in [-0.15, -0.1) is 0 Å². The Hall–Kier alpha value is -2.21. The summed E-state index contributed by atoms with van der Waals surface area (Å²) >= 11 is 0. The molecular weight excluding hydrogens is 520 g/mol. The summed E-state index contributed by atoms with van der Waals surface area (Å²) in [6, 6.07) is 0. The second-order valence-corrected chi connectivity index (χ2v) is 11.6. The second-order valence-electron chi connectivity index (χ2n) is 10.0. The lowest BCUT2D eigenvalue weighted by molar-refractivity contribution is -0.186. The van der Waals surface area contributed by atoms with Crippen LogP contribution in [0, 0.1) is 11.3 Å². The number of unbranched alkanes of at least 4 members (excludes halogenated alkanes) is 14. The highest BCUT2D eigenvalue weighted by Gasteiger charge is 2.80. The molecule has 0 aromatic carbocycles. The fourth-order valence-corrected chi connectivity index (χ4v) is 6.94. The highest BCUT2D eigenvalue weighted by atomic mass is 32.2. The maximum Gasteiger partial charge on any atom is 0.335 e. The largest absolute Gasteiger partial charge is 0.480 e. The Morgan fingerprint density at radius 3 is 1.13 bits per heavy atom. The van der Waals surface area contributed by atoms with Crippen molar-refractivity contribution in [2.75, 3.05) is 0 Å². The Bertz CT molecular complexity index is 832. The molecule has 0 bridgehead atoms. The normalized spacial score (nSPS) is 14.5. The van der Waals surface area contributed by atoms with E-state index in [2.05, 4.69) is 6.92 Å². The van der Waals surface area contributed by atoms with Crippen LogP contribution in [0.2, 0.25) is 0 Å². The lowest BCUT2D eigenvalue weighted by Crippen LogP contribution is -2.72. The van der Waals surface area contributed by atoms with Crippen LogP contribution < -0.4 is 0 Å². The number of aliphatic carboxylic acids is 4. The summed E-state index contributed by atoms with van der Waals surface area (Å²) in [7, 11) is -6.04. The average Bonchev–Trinajstić information content (AvgIpc) is 2.81. The molecule has 2 atom stereocenters. The first-order chi connectivity index (χ1) is 17.8. The van der Waals surface area contributed by atoms with Gasteiger partial charge in [-0.1, -0.05) is 117 Å². The van der Waals surface area contributed by atoms with Crippen molar-refractivity contribution in [2.24, 2.45) is 11.3 Å². The smallest absolute Gasteiger partial charge is 0.335 e. The number of hydrogen-bond acceptors (Lipinski definition) is 6. The van der Waals surface area contributed by atoms with E-state index in [-0.39, 0.29) is 19.3 Å². The SMILES string of the molecule is CCCCCCCCCCCCCCCCCC(CC)C(C(=O)O)(C(C(=O)O)(C(=O)O)C(=O)O)S(=O)(=O)O. The Balaban J connectivity index is 5.06. The number of carboxylic acid groups (broad SMARTS) is 4. The van der Waals surface area contributed by atoms with E-state index < -0.39 is 50.1 Å². The minimum Gasteiger partial charge on any atom is -0.480 e. The molecule has 11 nitrogen and oxygen atoms in total. The van der Waals surface area contributed by atoms with Gasteiger partial charge in [0, 0.05) is 0 Å². The van der Waals surface area contributed by atoms with Crippen LogP contribution in [0.25, 0.3) is 0 Å². The van der Waals surface area contributed by atoms with Crippen LogP contribution in [0.15, 0.2) is 0 Å². The summed E-state index contributed by atoms with van der Waals surface area (Å²) in [5.74, 6) is -12.4. The van der Waals surface area contributed by atoms with Gasteiger partial charge >= 0.3 is 23.9 Å². The van der Waals surface area contributed by atoms with Gasteiger partial charge in [-0.3, -0.25) is 23.7 Å². The van der Waals surface area contributed by atoms with Gasteiger partial charge in [-0.25, -0.2) is 0 Å². The fraction of sp³-hybridized carbons (Fsp3) is 0.846. The number of carbonyl (C=O) groups is 4. The van der Waals surface area contributed by atoms with Gasteiger partial charge in [-0.2, -0.15) is 8.42 Å². The summed E-state index contributed by atoms with van der Waals surface area (Å²) in [5, 5.41) is 38.5. The third kappa shape index (κ3) is 8.65. The van der Waals surface area contributed by atoms with Gasteiger partial charge in [-0.05, 0) is 12.3 Å². The van der Waals surface area contributed by atoms with Crippen molar-refractivity contribution in [3.63, 3.8) is 0 Å². The zero-order chi connectivity index (χ0) is 29.4. The van der Waals surface area contributed by atoms with Crippen LogP contribution in [-0.4, -0.2) is 62.0 Å². The summed E-state index contributed by atoms with van der Waals surface area (Å²) in [5.41, 5.74) is -4.36. The van der Waals surface area contributed by atoms with E-state index in [1.54, 1.807) is 0 Å². The highest BCUT2D eigenvalue weighted by molar-refractivity contribution is 7.88. The van der Waals surface area contributed by atoms with E-state index in [9.17, 15) is 52.6 Å². The molecule has 0 aromatic heterocycles. The second kappa shape index (κ2) is 17.4. The first kappa shape index (κ1) is 35.8. The van der Waals surface area contributed by atoms with E-state index in [1.807, 2.05) is 0 Å². The molecule has 0 amide bonds. The molecule has 0 spiro atoms. The quantitative estimate of drug-likeness (QED) is 0.0581. The highest BCUT2D eigenvalue weighted by Crippen LogP contribution is 2.48. The zero-order valence-electron chi connectivity index (χ0n) is 22.7. The van der Waals surface area contributed by atoms with E-state index in [4.69, 9.17) is 0 Å². The number of rotatable bonds is 24. The van der Waals surface area contributed by atoms with Gasteiger partial charge < -0.3 is 20.4 Å². The lowest BCUT2D eigenvalue weighted by atomic mass is 9.66. The fourth-order valence-electron chi connectivity index (χ4n) is 5.36. The molecule has 5 N–H and O–H groups in total. The molecule has 0 saturated carbocycles. The van der Waals surface area contributed by atoms with Crippen molar-refractivity contribution in [1.82, 2.24) is 0 Å². The van der Waals surface area contributed by atoms with Crippen molar-refractivity contribution in [3.05, 3.63) is 0 Å². The molecule has 0 heterocycles. The van der Waals surface area contributed by atoms with Crippen LogP contribution in [0.3, 0.4) is 0 Å². The zero-order valence-corrected chi connectivity index (χ0v) is 23.5. The molecule has 0 saturated heterocycles. The molecule has 2 unspecified atom stereocenters. The Morgan fingerprint density at radius 1 is 0.579 bits per heavy atom. The molecule has 0 rings (SSSR count). The van der Waals surface area contributed by atoms with Crippen molar-refractivity contribution in [3.8, 4) is 0 Å². The summed E-state index contributed by atoms with van der Waals surface area (Å²) < 4.78 is 30.7. The van der Waals surface area contributed by atoms with E-state index in [0.717, 1.165) is 32.1 Å². The van der Waals surface area contributed by atoms with Crippen LogP contribution in [0.4, 0.5) is 0 Å². The van der Waals surface area contributed by atoms with Crippen LogP contribution in [0.1, 0.15) is 123 Å². The first-order valence-corrected chi connectivity index (χ1v) is 15.1. The molecule has 0 radical (unpaired) electrons. The van der Waals surface area contributed by atoms with Crippen LogP contribution >= 0.6 is 0 Å². The molecule has 0 aliphatic rings. The van der Waals surface area contributed by atoms with Crippen molar-refractivity contribution in [1.29, 1.82) is 0 Å². The van der Waals surface area contributed by atoms with Crippen molar-refractivity contribution in [2.45, 2.75) is 128 Å². The lowest BCUT2D eigenvalue weighted by Gasteiger charge is -2.41. The van der Waals surface area contributed by atoms with E-state index >= 15 is 0 Å². The standard InChI is InChI=1S/C26H46O11S/c1-3-5-6-7-8-9-10-11-12-13-14-15-16-17-18-19-20(4-2)26(24(33)34,38(35,36)37)25(21(27)28,22(29)30)23(31)32/h20H,3-19H2,1-2H3,(H,27,28)(H,29,30)(H,31,32)(H,33,34)(H,35,36,37). The Morgan fingerprint density at radius 2 is 0.895 bits per heavy atom. The van der Waals surface area contributed by atoms with Crippen LogP contribution in [0.5, 0.6) is 0 Å². The molecule has 0 aliphatic carbocycles. The van der Waals surface area contributed by atoms with E-state index in [0.29, 0.717) is 6.42 Å². The monoisotopic (exact) mass is 566 g/mol. The summed E-state index contributed by atoms with van der Waals surface area (Å²) in [6.07, 6.45) is 15.0. The van der Waals surface area contributed by atoms with Crippen molar-refractivity contribution < 1.29 is 52.6 Å². The van der Waals surface area contributed by atoms with Gasteiger partial charge in [0.25, 0.3) is 15.5 Å². The van der Waals surface area contributed by atoms with Gasteiger partial charge in [0.1, 0.15) is 0 Å². The number of hydrogen-bond donors (Lipinski definition) is 5. The number of carboxylic acids is 4. The molecule has 38 heavy (non-hydrogen) atoms. The van der Waals surface area contributed by atoms with Gasteiger partial charge in [0.15, 0.2) is 0 Å². The maximum absolute atomic E-state index is 12.4. The minimum atomic E-state index is -6.04. The topological polar surface area (TPSA) is 204 Å². The van der Waals surface area contributed by atoms with Gasteiger partial charge in [0.2, 0.25) is 4.75 Å².